The third kappa shape index (κ3) is 4.15. The lowest BCUT2D eigenvalue weighted by molar-refractivity contribution is 0.0942. The largest absolute Gasteiger partial charge is 0.383 e. The Kier molecular flexibility index (Phi) is 6.11. The van der Waals surface area contributed by atoms with E-state index >= 15 is 0 Å². The standard InChI is InChI=1S/C15H19ClF2N2O2/c1-22-7-6-20-5-4-10(9-20)8-19-15(21)11-2-3-12(17)13(16)14(11)18/h2-3,10H,4-9H2,1H3,(H,19,21). The van der Waals surface area contributed by atoms with E-state index in [1.807, 2.05) is 0 Å². The summed E-state index contributed by atoms with van der Waals surface area (Å²) in [5, 5.41) is 2.03. The number of hydrogen-bond donors (Lipinski definition) is 1. The fraction of sp³-hybridized carbons (Fsp3) is 0.533. The zero-order chi connectivity index (χ0) is 16.1. The lowest BCUT2D eigenvalue weighted by Crippen LogP contribution is -2.32. The number of nitrogens with one attached hydrogen (secondary N) is 1. The zero-order valence-corrected chi connectivity index (χ0v) is 13.1. The molecule has 1 aliphatic heterocycles. The molecule has 1 aliphatic rings. The predicted octanol–water partition coefficient (Wildman–Crippen LogP) is 2.32. The van der Waals surface area contributed by atoms with Crippen LogP contribution in [0.3, 0.4) is 0 Å². The van der Waals surface area contributed by atoms with Crippen molar-refractivity contribution in [1.82, 2.24) is 10.2 Å². The molecule has 0 spiro atoms. The van der Waals surface area contributed by atoms with E-state index in [9.17, 15) is 13.6 Å². The summed E-state index contributed by atoms with van der Waals surface area (Å²) >= 11 is 5.47. The van der Waals surface area contributed by atoms with E-state index < -0.39 is 22.6 Å². The second kappa shape index (κ2) is 7.85. The topological polar surface area (TPSA) is 41.6 Å². The Morgan fingerprint density at radius 1 is 1.50 bits per heavy atom. The molecule has 122 valence electrons. The van der Waals surface area contributed by atoms with Gasteiger partial charge in [-0.1, -0.05) is 11.6 Å². The van der Waals surface area contributed by atoms with Gasteiger partial charge < -0.3 is 15.0 Å². The molecule has 0 radical (unpaired) electrons. The van der Waals surface area contributed by atoms with E-state index in [0.29, 0.717) is 19.1 Å². The van der Waals surface area contributed by atoms with E-state index in [4.69, 9.17) is 16.3 Å². The van der Waals surface area contributed by atoms with Crippen molar-refractivity contribution in [1.29, 1.82) is 0 Å². The number of rotatable bonds is 6. The molecule has 0 bridgehead atoms. The second-order valence-electron chi connectivity index (χ2n) is 5.38. The number of halogens is 3. The lowest BCUT2D eigenvalue weighted by Gasteiger charge is -2.15. The van der Waals surface area contributed by atoms with Crippen LogP contribution in [0.5, 0.6) is 0 Å². The van der Waals surface area contributed by atoms with Crippen molar-refractivity contribution in [2.45, 2.75) is 6.42 Å². The molecule has 1 saturated heterocycles. The quantitative estimate of drug-likeness (QED) is 0.813. The maximum Gasteiger partial charge on any atom is 0.254 e. The molecule has 1 aromatic carbocycles. The Morgan fingerprint density at radius 2 is 2.27 bits per heavy atom. The molecule has 1 fully saturated rings. The highest BCUT2D eigenvalue weighted by Crippen LogP contribution is 2.22. The molecule has 22 heavy (non-hydrogen) atoms. The Balaban J connectivity index is 1.85. The third-order valence-corrected chi connectivity index (χ3v) is 4.16. The highest BCUT2D eigenvalue weighted by atomic mass is 35.5. The van der Waals surface area contributed by atoms with E-state index in [0.717, 1.165) is 38.2 Å². The molecule has 0 aromatic heterocycles. The van der Waals surface area contributed by atoms with Crippen LogP contribution >= 0.6 is 11.6 Å². The van der Waals surface area contributed by atoms with Crippen LogP contribution in [0.25, 0.3) is 0 Å². The van der Waals surface area contributed by atoms with Crippen LogP contribution < -0.4 is 5.32 Å². The molecule has 2 rings (SSSR count). The van der Waals surface area contributed by atoms with Crippen molar-refractivity contribution < 1.29 is 18.3 Å². The van der Waals surface area contributed by atoms with Crippen molar-refractivity contribution in [3.05, 3.63) is 34.4 Å². The molecule has 1 aromatic rings. The van der Waals surface area contributed by atoms with Crippen LogP contribution in [0, 0.1) is 17.6 Å². The number of likely N-dealkylation sites (tertiary alicyclic amines) is 1. The predicted molar refractivity (Wildman–Crippen MR) is 80.1 cm³/mol. The molecule has 0 saturated carbocycles. The van der Waals surface area contributed by atoms with Crippen molar-refractivity contribution in [3.8, 4) is 0 Å². The van der Waals surface area contributed by atoms with Gasteiger partial charge >= 0.3 is 0 Å². The maximum absolute atomic E-state index is 13.8. The van der Waals surface area contributed by atoms with Crippen molar-refractivity contribution in [2.24, 2.45) is 5.92 Å². The normalized spacial score (nSPS) is 18.6. The summed E-state index contributed by atoms with van der Waals surface area (Å²) in [4.78, 5) is 14.2. The Morgan fingerprint density at radius 3 is 3.00 bits per heavy atom. The number of hydrogen-bond acceptors (Lipinski definition) is 3. The first kappa shape index (κ1) is 17.1. The molecule has 0 aliphatic carbocycles. The first-order chi connectivity index (χ1) is 10.5. The van der Waals surface area contributed by atoms with Crippen LogP contribution in [0.1, 0.15) is 16.8 Å². The Labute approximate surface area is 133 Å². The fourth-order valence-corrected chi connectivity index (χ4v) is 2.70. The van der Waals surface area contributed by atoms with Crippen LogP contribution in [0.4, 0.5) is 8.78 Å². The molecule has 1 unspecified atom stereocenters. The number of nitrogens with zero attached hydrogens (tertiary/aromatic N) is 1. The van der Waals surface area contributed by atoms with Gasteiger partial charge in [0.15, 0.2) is 5.82 Å². The van der Waals surface area contributed by atoms with Gasteiger partial charge in [0.05, 0.1) is 12.2 Å². The molecule has 7 heteroatoms. The van der Waals surface area contributed by atoms with Crippen LogP contribution in [-0.2, 0) is 4.74 Å². The van der Waals surface area contributed by atoms with E-state index in [1.165, 1.54) is 0 Å². The number of methoxy groups -OCH3 is 1. The van der Waals surface area contributed by atoms with Crippen LogP contribution in [0.15, 0.2) is 12.1 Å². The lowest BCUT2D eigenvalue weighted by atomic mass is 10.1. The van der Waals surface area contributed by atoms with Gasteiger partial charge in [0.25, 0.3) is 5.91 Å². The van der Waals surface area contributed by atoms with Gasteiger partial charge in [-0.15, -0.1) is 0 Å². The summed E-state index contributed by atoms with van der Waals surface area (Å²) in [6.07, 6.45) is 0.969. The van der Waals surface area contributed by atoms with Crippen molar-refractivity contribution in [3.63, 3.8) is 0 Å². The molecular weight excluding hydrogens is 314 g/mol. The average Bonchev–Trinajstić information content (AvgIpc) is 2.96. The van der Waals surface area contributed by atoms with Gasteiger partial charge in [0.2, 0.25) is 0 Å². The van der Waals surface area contributed by atoms with Crippen molar-refractivity contribution >= 4 is 17.5 Å². The van der Waals surface area contributed by atoms with Crippen LogP contribution in [0.2, 0.25) is 5.02 Å². The highest BCUT2D eigenvalue weighted by molar-refractivity contribution is 6.31. The van der Waals surface area contributed by atoms with E-state index in [1.54, 1.807) is 7.11 Å². The van der Waals surface area contributed by atoms with Crippen molar-refractivity contribution in [2.75, 3.05) is 39.9 Å². The van der Waals surface area contributed by atoms with Gasteiger partial charge in [-0.05, 0) is 31.0 Å². The first-order valence-electron chi connectivity index (χ1n) is 7.16. The monoisotopic (exact) mass is 332 g/mol. The minimum absolute atomic E-state index is 0.236. The third-order valence-electron chi connectivity index (χ3n) is 3.81. The first-order valence-corrected chi connectivity index (χ1v) is 7.53. The molecular formula is C15H19ClF2N2O2. The second-order valence-corrected chi connectivity index (χ2v) is 5.76. The van der Waals surface area contributed by atoms with Gasteiger partial charge in [0, 0.05) is 26.7 Å². The number of carbonyl (C=O) groups excluding carboxylic acids is 1. The average molecular weight is 333 g/mol. The maximum atomic E-state index is 13.8. The molecule has 1 amide bonds. The highest BCUT2D eigenvalue weighted by Gasteiger charge is 2.23. The molecule has 4 nitrogen and oxygen atoms in total. The Bertz CT molecular complexity index is 543. The minimum atomic E-state index is -1.02. The summed E-state index contributed by atoms with van der Waals surface area (Å²) < 4.78 is 31.9. The fourth-order valence-electron chi connectivity index (χ4n) is 2.54. The van der Waals surface area contributed by atoms with Gasteiger partial charge in [-0.3, -0.25) is 4.79 Å². The van der Waals surface area contributed by atoms with Gasteiger partial charge in [0.1, 0.15) is 10.8 Å². The summed E-state index contributed by atoms with van der Waals surface area (Å²) in [6, 6.07) is 2.09. The van der Waals surface area contributed by atoms with Crippen LogP contribution in [-0.4, -0.2) is 50.7 Å². The number of benzene rings is 1. The summed E-state index contributed by atoms with van der Waals surface area (Å²) in [7, 11) is 1.66. The molecule has 1 atom stereocenters. The summed E-state index contributed by atoms with van der Waals surface area (Å²) in [5.74, 6) is -2.15. The number of carbonyl (C=O) groups is 1. The number of ether oxygens (including phenoxy) is 1. The smallest absolute Gasteiger partial charge is 0.254 e. The van der Waals surface area contributed by atoms with E-state index in [2.05, 4.69) is 10.2 Å². The Hall–Kier alpha value is -1.24. The minimum Gasteiger partial charge on any atom is -0.383 e. The summed E-state index contributed by atoms with van der Waals surface area (Å²) in [6.45, 7) is 3.83. The van der Waals surface area contributed by atoms with Gasteiger partial charge in [-0.2, -0.15) is 0 Å². The van der Waals surface area contributed by atoms with Gasteiger partial charge in [-0.25, -0.2) is 8.78 Å². The SMILES string of the molecule is COCCN1CCC(CNC(=O)c2ccc(F)c(Cl)c2F)C1. The number of amides is 1. The van der Waals surface area contributed by atoms with E-state index in [-0.39, 0.29) is 5.56 Å². The molecule has 1 N–H and O–H groups in total. The summed E-state index contributed by atoms with van der Waals surface area (Å²) in [5.41, 5.74) is -0.236. The molecule has 1 heterocycles. The zero-order valence-electron chi connectivity index (χ0n) is 12.4.